The van der Waals surface area contributed by atoms with Crippen molar-refractivity contribution in [1.82, 2.24) is 5.32 Å². The van der Waals surface area contributed by atoms with Gasteiger partial charge in [-0.15, -0.1) is 0 Å². The lowest BCUT2D eigenvalue weighted by Gasteiger charge is -2.30. The molecule has 8 nitrogen and oxygen atoms in total. The Bertz CT molecular complexity index is 912. The number of likely N-dealkylation sites (N-methyl/N-ethyl adjacent to an activating group) is 1. The quantitative estimate of drug-likeness (QED) is 0.592. The molecule has 0 saturated heterocycles. The summed E-state index contributed by atoms with van der Waals surface area (Å²) in [5.41, 5.74) is 0.899. The maximum Gasteiger partial charge on any atom is 0.279 e. The first-order valence-electron chi connectivity index (χ1n) is 9.71. The van der Waals surface area contributed by atoms with Crippen molar-refractivity contribution in [3.05, 3.63) is 58.1 Å². The zero-order valence-corrected chi connectivity index (χ0v) is 16.2. The zero-order chi connectivity index (χ0) is 20.4. The van der Waals surface area contributed by atoms with Crippen LogP contribution < -0.4 is 19.7 Å². The monoisotopic (exact) mass is 397 g/mol. The van der Waals surface area contributed by atoms with E-state index in [4.69, 9.17) is 9.47 Å². The lowest BCUT2D eigenvalue weighted by molar-refractivity contribution is -0.385. The number of benzene rings is 2. The summed E-state index contributed by atoms with van der Waals surface area (Å²) in [5, 5.41) is 14.9. The van der Waals surface area contributed by atoms with Crippen LogP contribution in [0.15, 0.2) is 42.5 Å². The second kappa shape index (κ2) is 7.98. The highest BCUT2D eigenvalue weighted by Gasteiger charge is 2.36. The van der Waals surface area contributed by atoms with E-state index >= 15 is 0 Å². The lowest BCUT2D eigenvalue weighted by atomic mass is 10.00. The molecule has 0 spiro atoms. The number of nitrogens with one attached hydrogen (secondary N) is 1. The fourth-order valence-electron chi connectivity index (χ4n) is 4.01. The summed E-state index contributed by atoms with van der Waals surface area (Å²) in [6.45, 7) is 0.00338. The van der Waals surface area contributed by atoms with Crippen LogP contribution in [0.2, 0.25) is 0 Å². The molecule has 1 fully saturated rings. The van der Waals surface area contributed by atoms with Crippen LogP contribution in [0, 0.1) is 10.1 Å². The highest BCUT2D eigenvalue weighted by atomic mass is 16.7. The first-order valence-corrected chi connectivity index (χ1v) is 9.71. The molecule has 0 bridgehead atoms. The normalized spacial score (nSPS) is 16.4. The SMILES string of the molecule is CN(c1ccccc1)C(C(=O)NC1CCCC1)c1cc2c(cc1[N+](=O)[O-])OCO2. The number of nitrogens with zero attached hydrogens (tertiary/aromatic N) is 2. The fraction of sp³-hybridized carbons (Fsp3) is 0.381. The van der Waals surface area contributed by atoms with Gasteiger partial charge in [-0.3, -0.25) is 14.9 Å². The fourth-order valence-corrected chi connectivity index (χ4v) is 4.01. The number of fused-ring (bicyclic) bond motifs is 1. The molecule has 4 rings (SSSR count). The number of amides is 1. The van der Waals surface area contributed by atoms with Crippen LogP contribution in [0.25, 0.3) is 0 Å². The van der Waals surface area contributed by atoms with Crippen LogP contribution in [-0.4, -0.2) is 30.7 Å². The van der Waals surface area contributed by atoms with Gasteiger partial charge in [0.25, 0.3) is 5.69 Å². The highest BCUT2D eigenvalue weighted by Crippen LogP contribution is 2.42. The van der Waals surface area contributed by atoms with E-state index in [2.05, 4.69) is 5.32 Å². The Morgan fingerprint density at radius 2 is 1.83 bits per heavy atom. The molecule has 0 aromatic heterocycles. The third-order valence-electron chi connectivity index (χ3n) is 5.51. The molecule has 2 aromatic carbocycles. The van der Waals surface area contributed by atoms with Crippen molar-refractivity contribution in [1.29, 1.82) is 0 Å². The average Bonchev–Trinajstić information content (AvgIpc) is 3.39. The molecule has 2 aliphatic rings. The third kappa shape index (κ3) is 3.83. The predicted molar refractivity (Wildman–Crippen MR) is 107 cm³/mol. The third-order valence-corrected chi connectivity index (χ3v) is 5.51. The summed E-state index contributed by atoms with van der Waals surface area (Å²) in [5.74, 6) is 0.466. The molecule has 1 aliphatic carbocycles. The number of carbonyl (C=O) groups excluding carboxylic acids is 1. The van der Waals surface area contributed by atoms with E-state index in [9.17, 15) is 14.9 Å². The smallest absolute Gasteiger partial charge is 0.279 e. The molecule has 2 aromatic rings. The molecule has 1 heterocycles. The van der Waals surface area contributed by atoms with E-state index in [1.54, 1.807) is 18.0 Å². The second-order valence-electron chi connectivity index (χ2n) is 7.36. The van der Waals surface area contributed by atoms with Crippen molar-refractivity contribution in [3.63, 3.8) is 0 Å². The molecule has 0 radical (unpaired) electrons. The number of hydrogen-bond acceptors (Lipinski definition) is 6. The van der Waals surface area contributed by atoms with Crippen LogP contribution in [0.4, 0.5) is 11.4 Å². The number of nitro groups is 1. The summed E-state index contributed by atoms with van der Waals surface area (Å²) in [4.78, 5) is 26.4. The van der Waals surface area contributed by atoms with Gasteiger partial charge in [0.1, 0.15) is 6.04 Å². The van der Waals surface area contributed by atoms with Gasteiger partial charge in [0.05, 0.1) is 16.6 Å². The van der Waals surface area contributed by atoms with Crippen LogP contribution >= 0.6 is 0 Å². The highest BCUT2D eigenvalue weighted by molar-refractivity contribution is 5.88. The number of carbonyl (C=O) groups is 1. The van der Waals surface area contributed by atoms with E-state index in [0.29, 0.717) is 11.5 Å². The molecule has 1 amide bonds. The van der Waals surface area contributed by atoms with Crippen molar-refractivity contribution < 1.29 is 19.2 Å². The Morgan fingerprint density at radius 3 is 2.48 bits per heavy atom. The molecule has 1 aliphatic heterocycles. The number of rotatable bonds is 6. The number of nitro benzene ring substituents is 1. The molecular formula is C21H23N3O5. The predicted octanol–water partition coefficient (Wildman–Crippen LogP) is 3.56. The van der Waals surface area contributed by atoms with E-state index in [1.807, 2.05) is 30.3 Å². The van der Waals surface area contributed by atoms with Gasteiger partial charge in [0.15, 0.2) is 11.5 Å². The minimum absolute atomic E-state index is 0.00338. The van der Waals surface area contributed by atoms with Gasteiger partial charge in [-0.25, -0.2) is 0 Å². The molecule has 8 heteroatoms. The molecule has 29 heavy (non-hydrogen) atoms. The van der Waals surface area contributed by atoms with Gasteiger partial charge in [0.2, 0.25) is 12.7 Å². The average molecular weight is 397 g/mol. The largest absolute Gasteiger partial charge is 0.454 e. The van der Waals surface area contributed by atoms with Gasteiger partial charge in [-0.05, 0) is 31.0 Å². The minimum atomic E-state index is -0.882. The van der Waals surface area contributed by atoms with Crippen molar-refractivity contribution in [2.45, 2.75) is 37.8 Å². The Balaban J connectivity index is 1.77. The Kier molecular flexibility index (Phi) is 5.24. The van der Waals surface area contributed by atoms with Gasteiger partial charge in [-0.1, -0.05) is 31.0 Å². The first-order chi connectivity index (χ1) is 14.0. The lowest BCUT2D eigenvalue weighted by Crippen LogP contribution is -2.42. The van der Waals surface area contributed by atoms with E-state index in [0.717, 1.165) is 31.4 Å². The van der Waals surface area contributed by atoms with Crippen LogP contribution in [0.1, 0.15) is 37.3 Å². The van der Waals surface area contributed by atoms with Gasteiger partial charge < -0.3 is 19.7 Å². The van der Waals surface area contributed by atoms with Crippen molar-refractivity contribution in [2.75, 3.05) is 18.7 Å². The summed E-state index contributed by atoms with van der Waals surface area (Å²) >= 11 is 0. The van der Waals surface area contributed by atoms with E-state index < -0.39 is 11.0 Å². The van der Waals surface area contributed by atoms with Crippen LogP contribution in [0.3, 0.4) is 0 Å². The maximum absolute atomic E-state index is 13.3. The van der Waals surface area contributed by atoms with Crippen molar-refractivity contribution >= 4 is 17.3 Å². The van der Waals surface area contributed by atoms with Gasteiger partial charge in [0, 0.05) is 18.8 Å². The summed E-state index contributed by atoms with van der Waals surface area (Å²) in [6, 6.07) is 11.5. The second-order valence-corrected chi connectivity index (χ2v) is 7.36. The van der Waals surface area contributed by atoms with Crippen LogP contribution in [-0.2, 0) is 4.79 Å². The van der Waals surface area contributed by atoms with E-state index in [1.165, 1.54) is 6.07 Å². The molecule has 1 unspecified atom stereocenters. The van der Waals surface area contributed by atoms with E-state index in [-0.39, 0.29) is 30.0 Å². The summed E-state index contributed by atoms with van der Waals surface area (Å²) in [6.07, 6.45) is 4.01. The topological polar surface area (TPSA) is 93.9 Å². The Hall–Kier alpha value is -3.29. The van der Waals surface area contributed by atoms with Crippen molar-refractivity contribution in [2.24, 2.45) is 0 Å². The number of ether oxygens (including phenoxy) is 2. The number of anilines is 1. The van der Waals surface area contributed by atoms with Gasteiger partial charge >= 0.3 is 0 Å². The van der Waals surface area contributed by atoms with Crippen molar-refractivity contribution in [3.8, 4) is 11.5 Å². The number of hydrogen-bond donors (Lipinski definition) is 1. The van der Waals surface area contributed by atoms with Gasteiger partial charge in [-0.2, -0.15) is 0 Å². The maximum atomic E-state index is 13.3. The Morgan fingerprint density at radius 1 is 1.17 bits per heavy atom. The Labute approximate surface area is 168 Å². The molecule has 152 valence electrons. The zero-order valence-electron chi connectivity index (χ0n) is 16.2. The molecular weight excluding hydrogens is 374 g/mol. The standard InChI is InChI=1S/C21H23N3O5/c1-23(15-9-3-2-4-10-15)20(21(25)22-14-7-5-6-8-14)16-11-18-19(29-13-28-18)12-17(16)24(26)27/h2-4,9-12,14,20H,5-8,13H2,1H3,(H,22,25). The number of para-hydroxylation sites is 1. The summed E-state index contributed by atoms with van der Waals surface area (Å²) < 4.78 is 10.7. The summed E-state index contributed by atoms with van der Waals surface area (Å²) in [7, 11) is 1.77. The first kappa shape index (κ1) is 19.0. The van der Waals surface area contributed by atoms with Crippen LogP contribution in [0.5, 0.6) is 11.5 Å². The minimum Gasteiger partial charge on any atom is -0.454 e. The molecule has 1 atom stereocenters. The molecule has 1 saturated carbocycles. The molecule has 1 N–H and O–H groups in total.